The molecule has 0 spiro atoms. The first kappa shape index (κ1) is 12.8. The molecular formula is C16H20N2S. The highest BCUT2D eigenvalue weighted by Crippen LogP contribution is 2.41. The van der Waals surface area contributed by atoms with E-state index in [2.05, 4.69) is 53.8 Å². The molecule has 1 heterocycles. The van der Waals surface area contributed by atoms with Crippen LogP contribution in [0.2, 0.25) is 0 Å². The molecule has 1 saturated carbocycles. The fourth-order valence-corrected chi connectivity index (χ4v) is 3.36. The van der Waals surface area contributed by atoms with E-state index >= 15 is 0 Å². The number of thiazole rings is 1. The number of nitrogens with zero attached hydrogens (tertiary/aromatic N) is 1. The molecule has 3 rings (SSSR count). The van der Waals surface area contributed by atoms with Gasteiger partial charge in [0.1, 0.15) is 5.01 Å². The van der Waals surface area contributed by atoms with Crippen LogP contribution in [0.3, 0.4) is 0 Å². The third-order valence-corrected chi connectivity index (χ3v) is 4.61. The average molecular weight is 272 g/mol. The molecular weight excluding hydrogens is 252 g/mol. The maximum atomic E-state index is 4.65. The lowest BCUT2D eigenvalue weighted by Gasteiger charge is -2.16. The molecule has 3 heteroatoms. The van der Waals surface area contributed by atoms with Crippen LogP contribution in [-0.4, -0.2) is 11.5 Å². The number of hydrogen-bond acceptors (Lipinski definition) is 3. The van der Waals surface area contributed by atoms with Gasteiger partial charge in [0.2, 0.25) is 0 Å². The van der Waals surface area contributed by atoms with Crippen LogP contribution in [-0.2, 0) is 0 Å². The van der Waals surface area contributed by atoms with E-state index in [0.717, 1.165) is 18.2 Å². The minimum absolute atomic E-state index is 0.238. The van der Waals surface area contributed by atoms with Crippen LogP contribution in [0.5, 0.6) is 0 Å². The van der Waals surface area contributed by atoms with E-state index in [0.29, 0.717) is 0 Å². The quantitative estimate of drug-likeness (QED) is 0.889. The van der Waals surface area contributed by atoms with Crippen molar-refractivity contribution in [3.05, 3.63) is 51.5 Å². The summed E-state index contributed by atoms with van der Waals surface area (Å²) >= 11 is 1.75. The van der Waals surface area contributed by atoms with Crippen LogP contribution in [0.4, 0.5) is 0 Å². The zero-order valence-electron chi connectivity index (χ0n) is 11.5. The van der Waals surface area contributed by atoms with Crippen LogP contribution in [0.1, 0.15) is 53.6 Å². The summed E-state index contributed by atoms with van der Waals surface area (Å²) in [6.45, 7) is 5.17. The molecule has 1 N–H and O–H groups in total. The first-order valence-electron chi connectivity index (χ1n) is 7.03. The molecule has 1 fully saturated rings. The molecule has 100 valence electrons. The minimum Gasteiger partial charge on any atom is -0.305 e. The number of nitrogens with one attached hydrogen (secondary N) is 1. The van der Waals surface area contributed by atoms with E-state index in [-0.39, 0.29) is 6.04 Å². The fraction of sp³-hybridized carbons (Fsp3) is 0.438. The Kier molecular flexibility index (Phi) is 3.67. The second kappa shape index (κ2) is 5.43. The molecule has 0 bridgehead atoms. The van der Waals surface area contributed by atoms with Crippen LogP contribution in [0.25, 0.3) is 0 Å². The molecule has 2 nitrogen and oxygen atoms in total. The van der Waals surface area contributed by atoms with Crippen molar-refractivity contribution in [3.63, 3.8) is 0 Å². The van der Waals surface area contributed by atoms with Gasteiger partial charge in [0, 0.05) is 11.1 Å². The smallest absolute Gasteiger partial charge is 0.114 e. The maximum Gasteiger partial charge on any atom is 0.114 e. The standard InChI is InChI=1S/C16H20N2S/c1-3-17-15(16-18-11(2)10-19-16)14-6-4-5-13(9-14)12-7-8-12/h4-6,9-10,12,15,17H,3,7-8H2,1-2H3. The molecule has 1 atom stereocenters. The summed E-state index contributed by atoms with van der Waals surface area (Å²) < 4.78 is 0. The van der Waals surface area contributed by atoms with Gasteiger partial charge in [-0.2, -0.15) is 0 Å². The van der Waals surface area contributed by atoms with Gasteiger partial charge in [-0.1, -0.05) is 31.2 Å². The van der Waals surface area contributed by atoms with Gasteiger partial charge in [-0.15, -0.1) is 11.3 Å². The monoisotopic (exact) mass is 272 g/mol. The molecule has 0 saturated heterocycles. The van der Waals surface area contributed by atoms with Crippen LogP contribution in [0.15, 0.2) is 29.6 Å². The summed E-state index contributed by atoms with van der Waals surface area (Å²) in [6.07, 6.45) is 2.71. The normalized spacial score (nSPS) is 16.5. The van der Waals surface area contributed by atoms with Crippen LogP contribution >= 0.6 is 11.3 Å². The van der Waals surface area contributed by atoms with Gasteiger partial charge in [0.15, 0.2) is 0 Å². The van der Waals surface area contributed by atoms with Crippen LogP contribution in [0, 0.1) is 6.92 Å². The molecule has 1 aromatic carbocycles. The van der Waals surface area contributed by atoms with E-state index < -0.39 is 0 Å². The highest BCUT2D eigenvalue weighted by molar-refractivity contribution is 7.09. The van der Waals surface area contributed by atoms with Crippen molar-refractivity contribution in [2.75, 3.05) is 6.54 Å². The Bertz CT molecular complexity index is 557. The zero-order chi connectivity index (χ0) is 13.2. The molecule has 1 aromatic heterocycles. The van der Waals surface area contributed by atoms with Crippen molar-refractivity contribution in [1.82, 2.24) is 10.3 Å². The lowest BCUT2D eigenvalue weighted by molar-refractivity contribution is 0.625. The number of rotatable bonds is 5. The predicted octanol–water partition coefficient (Wildman–Crippen LogP) is 4.03. The number of aryl methyl sites for hydroxylation is 1. The van der Waals surface area contributed by atoms with Crippen LogP contribution < -0.4 is 5.32 Å². The van der Waals surface area contributed by atoms with Gasteiger partial charge < -0.3 is 5.32 Å². The van der Waals surface area contributed by atoms with Gasteiger partial charge in [-0.25, -0.2) is 4.98 Å². The Labute approximate surface area is 118 Å². The molecule has 0 amide bonds. The molecule has 2 aromatic rings. The summed E-state index contributed by atoms with van der Waals surface area (Å²) in [5.41, 5.74) is 3.95. The Balaban J connectivity index is 1.92. The summed E-state index contributed by atoms with van der Waals surface area (Å²) in [5.74, 6) is 0.806. The maximum absolute atomic E-state index is 4.65. The summed E-state index contributed by atoms with van der Waals surface area (Å²) in [4.78, 5) is 4.65. The fourth-order valence-electron chi connectivity index (χ4n) is 2.47. The van der Waals surface area contributed by atoms with E-state index in [9.17, 15) is 0 Å². The lowest BCUT2D eigenvalue weighted by atomic mass is 10.0. The highest BCUT2D eigenvalue weighted by atomic mass is 32.1. The largest absolute Gasteiger partial charge is 0.305 e. The predicted molar refractivity (Wildman–Crippen MR) is 80.8 cm³/mol. The second-order valence-corrected chi connectivity index (χ2v) is 6.15. The topological polar surface area (TPSA) is 24.9 Å². The Morgan fingerprint density at radius 1 is 1.42 bits per heavy atom. The Hall–Kier alpha value is -1.19. The first-order valence-corrected chi connectivity index (χ1v) is 7.91. The van der Waals surface area contributed by atoms with Crippen molar-refractivity contribution in [1.29, 1.82) is 0 Å². The van der Waals surface area contributed by atoms with Gasteiger partial charge in [0.25, 0.3) is 0 Å². The van der Waals surface area contributed by atoms with Gasteiger partial charge >= 0.3 is 0 Å². The average Bonchev–Trinajstić information content (AvgIpc) is 3.19. The van der Waals surface area contributed by atoms with E-state index in [1.54, 1.807) is 11.3 Å². The summed E-state index contributed by atoms with van der Waals surface area (Å²) in [5, 5.41) is 6.87. The molecule has 1 aliphatic rings. The third-order valence-electron chi connectivity index (χ3n) is 3.58. The third kappa shape index (κ3) is 2.88. The molecule has 0 aliphatic heterocycles. The lowest BCUT2D eigenvalue weighted by Crippen LogP contribution is -2.22. The number of benzene rings is 1. The van der Waals surface area contributed by atoms with Crippen molar-refractivity contribution >= 4 is 11.3 Å². The van der Waals surface area contributed by atoms with Crippen molar-refractivity contribution < 1.29 is 0 Å². The van der Waals surface area contributed by atoms with Crippen molar-refractivity contribution in [3.8, 4) is 0 Å². The van der Waals surface area contributed by atoms with E-state index in [1.807, 2.05) is 0 Å². The Morgan fingerprint density at radius 3 is 2.89 bits per heavy atom. The first-order chi connectivity index (χ1) is 9.28. The van der Waals surface area contributed by atoms with Gasteiger partial charge in [0.05, 0.1) is 6.04 Å². The van der Waals surface area contributed by atoms with Crippen molar-refractivity contribution in [2.45, 2.75) is 38.6 Å². The number of aromatic nitrogens is 1. The molecule has 1 unspecified atom stereocenters. The number of hydrogen-bond donors (Lipinski definition) is 1. The highest BCUT2D eigenvalue weighted by Gasteiger charge is 2.25. The summed E-state index contributed by atoms with van der Waals surface area (Å²) in [7, 11) is 0. The van der Waals surface area contributed by atoms with E-state index in [1.165, 1.54) is 29.0 Å². The summed E-state index contributed by atoms with van der Waals surface area (Å²) in [6, 6.07) is 9.27. The Morgan fingerprint density at radius 2 is 2.26 bits per heavy atom. The molecule has 19 heavy (non-hydrogen) atoms. The van der Waals surface area contributed by atoms with Gasteiger partial charge in [-0.05, 0) is 43.4 Å². The second-order valence-electron chi connectivity index (χ2n) is 5.26. The minimum atomic E-state index is 0.238. The zero-order valence-corrected chi connectivity index (χ0v) is 12.3. The van der Waals surface area contributed by atoms with E-state index in [4.69, 9.17) is 0 Å². The molecule has 0 radical (unpaired) electrons. The SMILES string of the molecule is CCNC(c1cccc(C2CC2)c1)c1nc(C)cs1. The molecule has 1 aliphatic carbocycles. The van der Waals surface area contributed by atoms with Crippen molar-refractivity contribution in [2.24, 2.45) is 0 Å². The van der Waals surface area contributed by atoms with Gasteiger partial charge in [-0.3, -0.25) is 0 Å².